The zero-order valence-corrected chi connectivity index (χ0v) is 11.4. The molecule has 1 aliphatic heterocycles. The van der Waals surface area contributed by atoms with Gasteiger partial charge in [-0.15, -0.1) is 11.6 Å². The van der Waals surface area contributed by atoms with Gasteiger partial charge in [0.05, 0.1) is 0 Å². The van der Waals surface area contributed by atoms with Crippen molar-refractivity contribution in [3.8, 4) is 0 Å². The Morgan fingerprint density at radius 1 is 0.941 bits per heavy atom. The van der Waals surface area contributed by atoms with E-state index in [0.717, 1.165) is 50.2 Å². The molecule has 1 aromatic carbocycles. The molecule has 1 aromatic rings. The second-order valence-corrected chi connectivity index (χ2v) is 5.25. The van der Waals surface area contributed by atoms with Crippen LogP contribution in [0.1, 0.15) is 5.56 Å². The Hall–Kier alpha value is -0.280. The molecular formula is C13H18Cl2N2. The third-order valence-electron chi connectivity index (χ3n) is 3.19. The number of hydrogen-bond donors (Lipinski definition) is 0. The van der Waals surface area contributed by atoms with Gasteiger partial charge >= 0.3 is 0 Å². The van der Waals surface area contributed by atoms with E-state index in [1.165, 1.54) is 5.56 Å². The van der Waals surface area contributed by atoms with Crippen molar-refractivity contribution in [2.45, 2.75) is 6.54 Å². The number of piperazine rings is 1. The average molecular weight is 273 g/mol. The quantitative estimate of drug-likeness (QED) is 0.778. The van der Waals surface area contributed by atoms with Crippen LogP contribution in [0.5, 0.6) is 0 Å². The van der Waals surface area contributed by atoms with Gasteiger partial charge in [-0.1, -0.05) is 23.7 Å². The summed E-state index contributed by atoms with van der Waals surface area (Å²) in [7, 11) is 0. The van der Waals surface area contributed by atoms with Crippen LogP contribution < -0.4 is 0 Å². The molecule has 0 spiro atoms. The number of alkyl halides is 1. The maximum atomic E-state index is 5.88. The highest BCUT2D eigenvalue weighted by molar-refractivity contribution is 6.30. The minimum atomic E-state index is 0.733. The van der Waals surface area contributed by atoms with Crippen molar-refractivity contribution >= 4 is 23.2 Å². The van der Waals surface area contributed by atoms with E-state index in [-0.39, 0.29) is 0 Å². The molecule has 0 N–H and O–H groups in total. The second kappa shape index (κ2) is 6.60. The molecule has 0 bridgehead atoms. The molecule has 1 fully saturated rings. The number of rotatable bonds is 4. The molecule has 1 saturated heterocycles. The molecule has 1 aliphatic rings. The smallest absolute Gasteiger partial charge is 0.0406 e. The van der Waals surface area contributed by atoms with Crippen LogP contribution >= 0.6 is 23.2 Å². The first-order valence-electron chi connectivity index (χ1n) is 6.03. The SMILES string of the molecule is ClCCN1CCN(Cc2ccc(Cl)cc2)CC1. The van der Waals surface area contributed by atoms with E-state index in [1.54, 1.807) is 0 Å². The predicted octanol–water partition coefficient (Wildman–Crippen LogP) is 2.70. The maximum Gasteiger partial charge on any atom is 0.0406 e. The van der Waals surface area contributed by atoms with Crippen LogP contribution in [0, 0.1) is 0 Å². The number of halogens is 2. The van der Waals surface area contributed by atoms with E-state index in [4.69, 9.17) is 23.2 Å². The minimum Gasteiger partial charge on any atom is -0.300 e. The fourth-order valence-electron chi connectivity index (χ4n) is 2.14. The number of benzene rings is 1. The van der Waals surface area contributed by atoms with Gasteiger partial charge < -0.3 is 0 Å². The van der Waals surface area contributed by atoms with Gasteiger partial charge in [-0.3, -0.25) is 9.80 Å². The van der Waals surface area contributed by atoms with E-state index in [2.05, 4.69) is 21.9 Å². The minimum absolute atomic E-state index is 0.733. The Morgan fingerprint density at radius 2 is 1.53 bits per heavy atom. The van der Waals surface area contributed by atoms with Crippen molar-refractivity contribution < 1.29 is 0 Å². The fourth-order valence-corrected chi connectivity index (χ4v) is 2.50. The first-order valence-corrected chi connectivity index (χ1v) is 6.94. The van der Waals surface area contributed by atoms with Crippen molar-refractivity contribution in [3.05, 3.63) is 34.9 Å². The van der Waals surface area contributed by atoms with Crippen molar-refractivity contribution in [2.75, 3.05) is 38.6 Å². The largest absolute Gasteiger partial charge is 0.300 e. The predicted molar refractivity (Wildman–Crippen MR) is 73.9 cm³/mol. The van der Waals surface area contributed by atoms with Crippen molar-refractivity contribution in [1.82, 2.24) is 9.80 Å². The molecule has 2 nitrogen and oxygen atoms in total. The average Bonchev–Trinajstić information content (AvgIpc) is 2.35. The van der Waals surface area contributed by atoms with Crippen molar-refractivity contribution in [3.63, 3.8) is 0 Å². The lowest BCUT2D eigenvalue weighted by atomic mass is 10.2. The standard InChI is InChI=1S/C13H18Cl2N2/c14-5-6-16-7-9-17(10-8-16)11-12-1-3-13(15)4-2-12/h1-4H,5-11H2. The van der Waals surface area contributed by atoms with Gasteiger partial charge in [-0.05, 0) is 17.7 Å². The number of nitrogens with zero attached hydrogens (tertiary/aromatic N) is 2. The summed E-state index contributed by atoms with van der Waals surface area (Å²) in [5.74, 6) is 0.733. The van der Waals surface area contributed by atoms with Gasteiger partial charge in [0.2, 0.25) is 0 Å². The lowest BCUT2D eigenvalue weighted by Gasteiger charge is -2.34. The molecule has 0 unspecified atom stereocenters. The summed E-state index contributed by atoms with van der Waals surface area (Å²) < 4.78 is 0. The van der Waals surface area contributed by atoms with Crippen molar-refractivity contribution in [2.24, 2.45) is 0 Å². The molecular weight excluding hydrogens is 255 g/mol. The van der Waals surface area contributed by atoms with Crippen LogP contribution in [-0.2, 0) is 6.54 Å². The summed E-state index contributed by atoms with van der Waals surface area (Å²) >= 11 is 11.6. The molecule has 2 rings (SSSR count). The Morgan fingerprint density at radius 3 is 2.12 bits per heavy atom. The van der Waals surface area contributed by atoms with Crippen molar-refractivity contribution in [1.29, 1.82) is 0 Å². The van der Waals surface area contributed by atoms with Crippen LogP contribution in [0.25, 0.3) is 0 Å². The summed E-state index contributed by atoms with van der Waals surface area (Å²) in [5.41, 5.74) is 1.33. The van der Waals surface area contributed by atoms with E-state index in [1.807, 2.05) is 12.1 Å². The van der Waals surface area contributed by atoms with E-state index in [9.17, 15) is 0 Å². The lowest BCUT2D eigenvalue weighted by Crippen LogP contribution is -2.46. The monoisotopic (exact) mass is 272 g/mol. The van der Waals surface area contributed by atoms with Crippen LogP contribution in [0.15, 0.2) is 24.3 Å². The van der Waals surface area contributed by atoms with E-state index >= 15 is 0 Å². The summed E-state index contributed by atoms with van der Waals surface area (Å²) in [6, 6.07) is 8.13. The summed E-state index contributed by atoms with van der Waals surface area (Å²) in [5, 5.41) is 0.806. The molecule has 1 heterocycles. The van der Waals surface area contributed by atoms with Crippen LogP contribution in [0.4, 0.5) is 0 Å². The fraction of sp³-hybridized carbons (Fsp3) is 0.538. The molecule has 0 saturated carbocycles. The maximum absolute atomic E-state index is 5.88. The van der Waals surface area contributed by atoms with Gasteiger partial charge in [-0.2, -0.15) is 0 Å². The normalized spacial score (nSPS) is 18.5. The summed E-state index contributed by atoms with van der Waals surface area (Å²) in [4.78, 5) is 4.90. The second-order valence-electron chi connectivity index (χ2n) is 4.43. The van der Waals surface area contributed by atoms with Crippen LogP contribution in [0.3, 0.4) is 0 Å². The zero-order chi connectivity index (χ0) is 12.1. The molecule has 0 atom stereocenters. The van der Waals surface area contributed by atoms with Gasteiger partial charge in [0, 0.05) is 50.2 Å². The molecule has 0 amide bonds. The molecule has 0 aromatic heterocycles. The Labute approximate surface area is 113 Å². The zero-order valence-electron chi connectivity index (χ0n) is 9.91. The molecule has 94 valence electrons. The topological polar surface area (TPSA) is 6.48 Å². The van der Waals surface area contributed by atoms with Gasteiger partial charge in [0.1, 0.15) is 0 Å². The molecule has 0 radical (unpaired) electrons. The first kappa shape index (κ1) is 13.2. The van der Waals surface area contributed by atoms with Crippen LogP contribution in [-0.4, -0.2) is 48.4 Å². The van der Waals surface area contributed by atoms with E-state index < -0.39 is 0 Å². The third-order valence-corrected chi connectivity index (χ3v) is 3.61. The Bertz CT molecular complexity index is 332. The van der Waals surface area contributed by atoms with Crippen LogP contribution in [0.2, 0.25) is 5.02 Å². The Balaban J connectivity index is 1.79. The van der Waals surface area contributed by atoms with Gasteiger partial charge in [0.25, 0.3) is 0 Å². The lowest BCUT2D eigenvalue weighted by molar-refractivity contribution is 0.132. The highest BCUT2D eigenvalue weighted by Gasteiger charge is 2.15. The van der Waals surface area contributed by atoms with E-state index in [0.29, 0.717) is 0 Å². The Kier molecular flexibility index (Phi) is 5.11. The number of hydrogen-bond acceptors (Lipinski definition) is 2. The summed E-state index contributed by atoms with van der Waals surface area (Å²) in [6.45, 7) is 6.53. The van der Waals surface area contributed by atoms with Gasteiger partial charge in [-0.25, -0.2) is 0 Å². The molecule has 17 heavy (non-hydrogen) atoms. The molecule has 0 aliphatic carbocycles. The molecule has 4 heteroatoms. The third kappa shape index (κ3) is 4.14. The van der Waals surface area contributed by atoms with Gasteiger partial charge in [0.15, 0.2) is 0 Å². The summed E-state index contributed by atoms with van der Waals surface area (Å²) in [6.07, 6.45) is 0. The highest BCUT2D eigenvalue weighted by atomic mass is 35.5. The highest BCUT2D eigenvalue weighted by Crippen LogP contribution is 2.12. The first-order chi connectivity index (χ1) is 8.28.